The van der Waals surface area contributed by atoms with E-state index in [1.165, 1.54) is 11.1 Å². The van der Waals surface area contributed by atoms with E-state index in [4.69, 9.17) is 4.74 Å². The van der Waals surface area contributed by atoms with Crippen molar-refractivity contribution < 1.29 is 14.3 Å². The fourth-order valence-corrected chi connectivity index (χ4v) is 4.07. The molecule has 0 radical (unpaired) electrons. The highest BCUT2D eigenvalue weighted by atomic mass is 16.5. The summed E-state index contributed by atoms with van der Waals surface area (Å²) >= 11 is 0. The normalized spacial score (nSPS) is 23.0. The first-order valence-corrected chi connectivity index (χ1v) is 10.8. The van der Waals surface area contributed by atoms with Crippen LogP contribution in [0.2, 0.25) is 0 Å². The maximum Gasteiger partial charge on any atom is 0.246 e. The second-order valence-corrected chi connectivity index (χ2v) is 7.92. The smallest absolute Gasteiger partial charge is 0.246 e. The summed E-state index contributed by atoms with van der Waals surface area (Å²) < 4.78 is 6.12. The molecule has 6 nitrogen and oxygen atoms in total. The summed E-state index contributed by atoms with van der Waals surface area (Å²) in [6.07, 6.45) is 8.16. The number of carbonyl (C=O) groups excluding carboxylic acids is 2. The van der Waals surface area contributed by atoms with Gasteiger partial charge in [-0.05, 0) is 56.7 Å². The van der Waals surface area contributed by atoms with Crippen molar-refractivity contribution in [1.82, 2.24) is 16.0 Å². The number of rotatable bonds is 7. The molecule has 3 rings (SSSR count). The molecule has 0 saturated carbocycles. The van der Waals surface area contributed by atoms with E-state index in [9.17, 15) is 9.59 Å². The van der Waals surface area contributed by atoms with Gasteiger partial charge in [0.05, 0.1) is 18.8 Å². The number of amides is 2. The van der Waals surface area contributed by atoms with E-state index >= 15 is 0 Å². The summed E-state index contributed by atoms with van der Waals surface area (Å²) in [6, 6.07) is 7.64. The van der Waals surface area contributed by atoms with Crippen molar-refractivity contribution in [2.45, 2.75) is 70.1 Å². The van der Waals surface area contributed by atoms with Crippen LogP contribution >= 0.6 is 0 Å². The molecule has 0 aromatic heterocycles. The summed E-state index contributed by atoms with van der Waals surface area (Å²) in [5.41, 5.74) is 3.50. The van der Waals surface area contributed by atoms with Crippen LogP contribution in [-0.2, 0) is 27.2 Å². The average Bonchev–Trinajstić information content (AvgIpc) is 3.16. The number of nitrogens with one attached hydrogen (secondary N) is 3. The molecular formula is C23H33N3O3. The molecule has 1 aromatic rings. The minimum absolute atomic E-state index is 0.125. The number of hydrogen-bond acceptors (Lipinski definition) is 4. The van der Waals surface area contributed by atoms with Crippen LogP contribution in [0.3, 0.4) is 0 Å². The molecule has 29 heavy (non-hydrogen) atoms. The first-order valence-electron chi connectivity index (χ1n) is 10.8. The lowest BCUT2D eigenvalue weighted by molar-refractivity contribution is -0.130. The van der Waals surface area contributed by atoms with E-state index < -0.39 is 6.04 Å². The third kappa shape index (κ3) is 5.90. The van der Waals surface area contributed by atoms with E-state index in [1.54, 1.807) is 7.05 Å². The molecule has 1 unspecified atom stereocenters. The Bertz CT molecular complexity index is 718. The van der Waals surface area contributed by atoms with Gasteiger partial charge < -0.3 is 20.7 Å². The Morgan fingerprint density at radius 3 is 2.62 bits per heavy atom. The molecule has 1 aliphatic heterocycles. The Morgan fingerprint density at radius 2 is 1.97 bits per heavy atom. The Labute approximate surface area is 173 Å². The zero-order chi connectivity index (χ0) is 20.6. The highest BCUT2D eigenvalue weighted by Gasteiger charge is 2.26. The largest absolute Gasteiger partial charge is 0.371 e. The molecule has 0 bridgehead atoms. The highest BCUT2D eigenvalue weighted by Crippen LogP contribution is 2.24. The van der Waals surface area contributed by atoms with Gasteiger partial charge in [0.25, 0.3) is 0 Å². The van der Waals surface area contributed by atoms with E-state index in [-0.39, 0.29) is 24.0 Å². The third-order valence-electron chi connectivity index (χ3n) is 5.82. The van der Waals surface area contributed by atoms with Gasteiger partial charge in [0.1, 0.15) is 6.04 Å². The quantitative estimate of drug-likeness (QED) is 0.657. The predicted octanol–water partition coefficient (Wildman–Crippen LogP) is 2.23. The minimum Gasteiger partial charge on any atom is -0.371 e. The summed E-state index contributed by atoms with van der Waals surface area (Å²) in [4.78, 5) is 25.2. The number of fused-ring (bicyclic) bond motifs is 1. The van der Waals surface area contributed by atoms with Gasteiger partial charge in [-0.1, -0.05) is 43.7 Å². The van der Waals surface area contributed by atoms with Gasteiger partial charge in [0.2, 0.25) is 11.8 Å². The molecular weight excluding hydrogens is 366 g/mol. The van der Waals surface area contributed by atoms with Crippen molar-refractivity contribution in [3.8, 4) is 0 Å². The number of hydrogen-bond donors (Lipinski definition) is 3. The van der Waals surface area contributed by atoms with Crippen LogP contribution in [0.5, 0.6) is 0 Å². The second-order valence-electron chi connectivity index (χ2n) is 7.92. The second kappa shape index (κ2) is 10.6. The van der Waals surface area contributed by atoms with Gasteiger partial charge in [-0.25, -0.2) is 0 Å². The van der Waals surface area contributed by atoms with Crippen LogP contribution in [-0.4, -0.2) is 43.7 Å². The number of likely N-dealkylation sites (N-methyl/N-ethyl adjacent to an activating group) is 1. The van der Waals surface area contributed by atoms with Crippen LogP contribution in [0.4, 0.5) is 0 Å². The first kappa shape index (κ1) is 21.5. The monoisotopic (exact) mass is 399 g/mol. The number of carbonyl (C=O) groups is 2. The molecule has 1 heterocycles. The van der Waals surface area contributed by atoms with E-state index in [0.717, 1.165) is 37.8 Å². The summed E-state index contributed by atoms with van der Waals surface area (Å²) in [5.74, 6) is -0.282. The van der Waals surface area contributed by atoms with Crippen molar-refractivity contribution in [2.24, 2.45) is 0 Å². The highest BCUT2D eigenvalue weighted by molar-refractivity contribution is 5.90. The Kier molecular flexibility index (Phi) is 7.83. The zero-order valence-corrected chi connectivity index (χ0v) is 17.5. The van der Waals surface area contributed by atoms with Crippen LogP contribution < -0.4 is 16.0 Å². The molecule has 1 aliphatic carbocycles. The molecule has 1 aromatic carbocycles. The van der Waals surface area contributed by atoms with Gasteiger partial charge in [-0.2, -0.15) is 0 Å². The Balaban J connectivity index is 1.55. The first-order chi connectivity index (χ1) is 14.1. The van der Waals surface area contributed by atoms with E-state index in [0.29, 0.717) is 19.4 Å². The van der Waals surface area contributed by atoms with E-state index in [2.05, 4.69) is 46.3 Å². The van der Waals surface area contributed by atoms with Gasteiger partial charge >= 0.3 is 0 Å². The lowest BCUT2D eigenvalue weighted by Gasteiger charge is -2.22. The molecule has 2 amide bonds. The van der Waals surface area contributed by atoms with Crippen molar-refractivity contribution in [1.29, 1.82) is 0 Å². The van der Waals surface area contributed by atoms with Gasteiger partial charge in [-0.15, -0.1) is 0 Å². The van der Waals surface area contributed by atoms with Crippen molar-refractivity contribution in [3.05, 3.63) is 47.2 Å². The lowest BCUT2D eigenvalue weighted by Crippen LogP contribution is -2.52. The molecule has 6 heteroatoms. The van der Waals surface area contributed by atoms with Gasteiger partial charge in [-0.3, -0.25) is 9.59 Å². The molecule has 0 spiro atoms. The predicted molar refractivity (Wildman–Crippen MR) is 113 cm³/mol. The van der Waals surface area contributed by atoms with E-state index in [1.807, 2.05) is 6.92 Å². The summed E-state index contributed by atoms with van der Waals surface area (Å²) in [6.45, 7) is 2.34. The van der Waals surface area contributed by atoms with Gasteiger partial charge in [0.15, 0.2) is 0 Å². The standard InChI is InChI=1S/C23H33N3O3/c1-3-20(24-2)22(27)26-21-12-6-4-5-11-18(25-23(21)28)15-29-19-13-16-9-7-8-10-17(16)14-19/h7-11,19-21,24H,3-6,12-15H2,1-2H3,(H,25,28)(H,26,27)/b18-11-/t20?,21-/m0/s1. The molecule has 158 valence electrons. The van der Waals surface area contributed by atoms with Crippen molar-refractivity contribution >= 4 is 11.8 Å². The van der Waals surface area contributed by atoms with Crippen LogP contribution in [0.15, 0.2) is 36.0 Å². The summed E-state index contributed by atoms with van der Waals surface area (Å²) in [5, 5.41) is 8.90. The molecule has 0 saturated heterocycles. The SMILES string of the molecule is CCC(NC)C(=O)N[C@H]1CCCC/C=C(/COC2Cc3ccccc3C2)NC1=O. The van der Waals surface area contributed by atoms with Crippen LogP contribution in [0.25, 0.3) is 0 Å². The number of benzene rings is 1. The minimum atomic E-state index is -0.512. The lowest BCUT2D eigenvalue weighted by atomic mass is 10.1. The molecule has 2 atom stereocenters. The molecule has 0 fully saturated rings. The maximum absolute atomic E-state index is 12.8. The average molecular weight is 400 g/mol. The topological polar surface area (TPSA) is 79.5 Å². The van der Waals surface area contributed by atoms with Crippen LogP contribution in [0, 0.1) is 0 Å². The number of ether oxygens (including phenoxy) is 1. The van der Waals surface area contributed by atoms with Gasteiger partial charge in [0, 0.05) is 5.70 Å². The Morgan fingerprint density at radius 1 is 1.24 bits per heavy atom. The van der Waals surface area contributed by atoms with Crippen molar-refractivity contribution in [3.63, 3.8) is 0 Å². The number of allylic oxidation sites excluding steroid dienone is 1. The maximum atomic E-state index is 12.8. The van der Waals surface area contributed by atoms with Crippen LogP contribution in [0.1, 0.15) is 50.2 Å². The fourth-order valence-electron chi connectivity index (χ4n) is 4.07. The van der Waals surface area contributed by atoms with Crippen molar-refractivity contribution in [2.75, 3.05) is 13.7 Å². The fraction of sp³-hybridized carbons (Fsp3) is 0.565. The molecule has 3 N–H and O–H groups in total. The zero-order valence-electron chi connectivity index (χ0n) is 17.5. The molecule has 2 aliphatic rings. The third-order valence-corrected chi connectivity index (χ3v) is 5.82. The Hall–Kier alpha value is -2.18. The summed E-state index contributed by atoms with van der Waals surface area (Å²) in [7, 11) is 1.76.